The van der Waals surface area contributed by atoms with Crippen molar-refractivity contribution in [1.29, 1.82) is 0 Å². The van der Waals surface area contributed by atoms with E-state index in [4.69, 9.17) is 0 Å². The van der Waals surface area contributed by atoms with Crippen molar-refractivity contribution in [3.8, 4) is 0 Å². The summed E-state index contributed by atoms with van der Waals surface area (Å²) in [5, 5.41) is 4.60. The lowest BCUT2D eigenvalue weighted by Crippen LogP contribution is -2.47. The first-order valence-corrected chi connectivity index (χ1v) is 8.39. The maximum atomic E-state index is 4.60. The SMILES string of the molecule is CCc1nc2nc(C)cc(N3CCN(c4ccccn4)CC3)n2n1. The molecule has 0 amide bonds. The van der Waals surface area contributed by atoms with Gasteiger partial charge >= 0.3 is 0 Å². The number of hydrogen-bond donors (Lipinski definition) is 0. The molecule has 1 fully saturated rings. The van der Waals surface area contributed by atoms with E-state index in [-0.39, 0.29) is 0 Å². The van der Waals surface area contributed by atoms with Crippen LogP contribution >= 0.6 is 0 Å². The first kappa shape index (κ1) is 14.9. The fourth-order valence-corrected chi connectivity index (χ4v) is 3.09. The Bertz CT molecular complexity index is 835. The van der Waals surface area contributed by atoms with E-state index in [1.165, 1.54) is 0 Å². The largest absolute Gasteiger partial charge is 0.353 e. The highest BCUT2D eigenvalue weighted by Gasteiger charge is 2.21. The first-order chi connectivity index (χ1) is 11.7. The molecular weight excluding hydrogens is 302 g/mol. The van der Waals surface area contributed by atoms with Gasteiger partial charge in [0, 0.05) is 50.6 Å². The number of anilines is 2. The third-order valence-electron chi connectivity index (χ3n) is 4.36. The van der Waals surface area contributed by atoms with Gasteiger partial charge in [-0.2, -0.15) is 9.50 Å². The molecule has 1 aliphatic rings. The smallest absolute Gasteiger partial charge is 0.254 e. The van der Waals surface area contributed by atoms with Gasteiger partial charge in [-0.05, 0) is 19.1 Å². The second-order valence-corrected chi connectivity index (χ2v) is 6.01. The van der Waals surface area contributed by atoms with Crippen LogP contribution in [-0.4, -0.2) is 50.7 Å². The van der Waals surface area contributed by atoms with Gasteiger partial charge in [0.05, 0.1) is 0 Å². The van der Waals surface area contributed by atoms with Crippen LogP contribution < -0.4 is 9.80 Å². The number of hydrogen-bond acceptors (Lipinski definition) is 6. The van der Waals surface area contributed by atoms with E-state index in [9.17, 15) is 0 Å². The minimum atomic E-state index is 0.689. The Hall–Kier alpha value is -2.70. The molecule has 7 nitrogen and oxygen atoms in total. The minimum Gasteiger partial charge on any atom is -0.353 e. The van der Waals surface area contributed by atoms with Gasteiger partial charge < -0.3 is 9.80 Å². The number of piperazine rings is 1. The molecular formula is C17H21N7. The van der Waals surface area contributed by atoms with Gasteiger partial charge in [-0.25, -0.2) is 9.97 Å². The first-order valence-electron chi connectivity index (χ1n) is 8.39. The zero-order valence-electron chi connectivity index (χ0n) is 14.1. The number of fused-ring (bicyclic) bond motifs is 1. The second-order valence-electron chi connectivity index (χ2n) is 6.01. The van der Waals surface area contributed by atoms with E-state index >= 15 is 0 Å². The summed E-state index contributed by atoms with van der Waals surface area (Å²) in [5.74, 6) is 3.64. The van der Waals surface area contributed by atoms with Gasteiger partial charge in [-0.1, -0.05) is 13.0 Å². The van der Waals surface area contributed by atoms with Crippen LogP contribution in [-0.2, 0) is 6.42 Å². The molecule has 124 valence electrons. The summed E-state index contributed by atoms with van der Waals surface area (Å²) >= 11 is 0. The molecule has 7 heteroatoms. The molecule has 0 atom stereocenters. The molecule has 0 aromatic carbocycles. The van der Waals surface area contributed by atoms with Crippen molar-refractivity contribution in [3.05, 3.63) is 42.0 Å². The summed E-state index contributed by atoms with van der Waals surface area (Å²) in [6.07, 6.45) is 2.66. The van der Waals surface area contributed by atoms with Crippen molar-refractivity contribution in [2.75, 3.05) is 36.0 Å². The molecule has 24 heavy (non-hydrogen) atoms. The van der Waals surface area contributed by atoms with Crippen LogP contribution in [0.25, 0.3) is 5.78 Å². The van der Waals surface area contributed by atoms with Crippen molar-refractivity contribution in [2.24, 2.45) is 0 Å². The monoisotopic (exact) mass is 323 g/mol. The van der Waals surface area contributed by atoms with Crippen LogP contribution in [0.3, 0.4) is 0 Å². The van der Waals surface area contributed by atoms with Crippen molar-refractivity contribution < 1.29 is 0 Å². The Morgan fingerprint density at radius 3 is 2.54 bits per heavy atom. The van der Waals surface area contributed by atoms with Crippen LogP contribution in [0.2, 0.25) is 0 Å². The van der Waals surface area contributed by atoms with Crippen LogP contribution in [0.1, 0.15) is 18.4 Å². The van der Waals surface area contributed by atoms with Crippen LogP contribution in [0, 0.1) is 6.92 Å². The quantitative estimate of drug-likeness (QED) is 0.731. The van der Waals surface area contributed by atoms with Crippen LogP contribution in [0.4, 0.5) is 11.6 Å². The standard InChI is InChI=1S/C17H21N7/c1-3-14-20-17-19-13(2)12-16(24(17)21-14)23-10-8-22(9-11-23)15-6-4-5-7-18-15/h4-7,12H,3,8-11H2,1-2H3. The van der Waals surface area contributed by atoms with Gasteiger partial charge in [0.2, 0.25) is 0 Å². The van der Waals surface area contributed by atoms with Crippen molar-refractivity contribution in [1.82, 2.24) is 24.6 Å². The third-order valence-corrected chi connectivity index (χ3v) is 4.36. The summed E-state index contributed by atoms with van der Waals surface area (Å²) in [6, 6.07) is 8.14. The number of rotatable bonds is 3. The van der Waals surface area contributed by atoms with Gasteiger partial charge in [0.15, 0.2) is 5.82 Å². The van der Waals surface area contributed by atoms with E-state index in [1.54, 1.807) is 0 Å². The fraction of sp³-hybridized carbons (Fsp3) is 0.412. The molecule has 3 aromatic rings. The molecule has 0 aliphatic carbocycles. The Morgan fingerprint density at radius 1 is 1.04 bits per heavy atom. The molecule has 0 bridgehead atoms. The predicted octanol–water partition coefficient (Wildman–Crippen LogP) is 1.72. The van der Waals surface area contributed by atoms with Gasteiger partial charge in [-0.3, -0.25) is 0 Å². The van der Waals surface area contributed by atoms with E-state index in [0.29, 0.717) is 5.78 Å². The number of nitrogens with zero attached hydrogens (tertiary/aromatic N) is 7. The van der Waals surface area contributed by atoms with Crippen LogP contribution in [0.5, 0.6) is 0 Å². The van der Waals surface area contributed by atoms with Gasteiger partial charge in [0.25, 0.3) is 5.78 Å². The van der Waals surface area contributed by atoms with Gasteiger partial charge in [-0.15, -0.1) is 5.10 Å². The lowest BCUT2D eigenvalue weighted by molar-refractivity contribution is 0.632. The number of pyridine rings is 1. The average molecular weight is 323 g/mol. The molecule has 1 aliphatic heterocycles. The van der Waals surface area contributed by atoms with Crippen LogP contribution in [0.15, 0.2) is 30.5 Å². The highest BCUT2D eigenvalue weighted by molar-refractivity contribution is 5.50. The summed E-state index contributed by atoms with van der Waals surface area (Å²) in [6.45, 7) is 7.80. The molecule has 4 rings (SSSR count). The van der Waals surface area contributed by atoms with Gasteiger partial charge in [0.1, 0.15) is 11.6 Å². The predicted molar refractivity (Wildman–Crippen MR) is 93.6 cm³/mol. The minimum absolute atomic E-state index is 0.689. The maximum Gasteiger partial charge on any atom is 0.254 e. The number of aromatic nitrogens is 5. The van der Waals surface area contributed by atoms with E-state index in [2.05, 4.69) is 48.9 Å². The van der Waals surface area contributed by atoms with E-state index in [1.807, 2.05) is 29.8 Å². The molecule has 0 radical (unpaired) electrons. The number of aryl methyl sites for hydroxylation is 2. The zero-order chi connectivity index (χ0) is 16.5. The average Bonchev–Trinajstić information content (AvgIpc) is 3.05. The molecule has 3 aromatic heterocycles. The molecule has 0 saturated carbocycles. The van der Waals surface area contributed by atoms with E-state index < -0.39 is 0 Å². The highest BCUT2D eigenvalue weighted by atomic mass is 15.4. The summed E-state index contributed by atoms with van der Waals surface area (Å²) in [4.78, 5) is 18.1. The maximum absolute atomic E-state index is 4.60. The Labute approximate surface area is 141 Å². The molecule has 4 heterocycles. The summed E-state index contributed by atoms with van der Waals surface area (Å²) in [7, 11) is 0. The Kier molecular flexibility index (Phi) is 3.76. The highest BCUT2D eigenvalue weighted by Crippen LogP contribution is 2.20. The summed E-state index contributed by atoms with van der Waals surface area (Å²) in [5.41, 5.74) is 0.972. The third kappa shape index (κ3) is 2.66. The molecule has 0 spiro atoms. The Balaban J connectivity index is 1.59. The van der Waals surface area contributed by atoms with Crippen molar-refractivity contribution >= 4 is 17.4 Å². The lowest BCUT2D eigenvalue weighted by atomic mass is 10.3. The topological polar surface area (TPSA) is 62.5 Å². The van der Waals surface area contributed by atoms with E-state index in [0.717, 1.165) is 55.8 Å². The zero-order valence-corrected chi connectivity index (χ0v) is 14.1. The molecule has 1 saturated heterocycles. The summed E-state index contributed by atoms with van der Waals surface area (Å²) < 4.78 is 1.88. The lowest BCUT2D eigenvalue weighted by Gasteiger charge is -2.36. The van der Waals surface area contributed by atoms with Crippen molar-refractivity contribution in [3.63, 3.8) is 0 Å². The molecule has 0 N–H and O–H groups in total. The van der Waals surface area contributed by atoms with Crippen molar-refractivity contribution in [2.45, 2.75) is 20.3 Å². The normalized spacial score (nSPS) is 15.2. The Morgan fingerprint density at radius 2 is 1.83 bits per heavy atom. The fourth-order valence-electron chi connectivity index (χ4n) is 3.09. The second kappa shape index (κ2) is 6.07. The molecule has 0 unspecified atom stereocenters.